The lowest BCUT2D eigenvalue weighted by molar-refractivity contribution is 0.323. The minimum absolute atomic E-state index is 0.634. The van der Waals surface area contributed by atoms with E-state index >= 15 is 0 Å². The summed E-state index contributed by atoms with van der Waals surface area (Å²) in [5.74, 6) is 2.43. The van der Waals surface area contributed by atoms with Crippen LogP contribution in [0, 0.1) is 12.8 Å². The van der Waals surface area contributed by atoms with Crippen molar-refractivity contribution < 1.29 is 4.74 Å². The minimum Gasteiger partial charge on any atom is -0.478 e. The van der Waals surface area contributed by atoms with Crippen LogP contribution < -0.4 is 15.0 Å². The molecule has 0 aliphatic carbocycles. The van der Waals surface area contributed by atoms with Crippen LogP contribution >= 0.6 is 0 Å². The van der Waals surface area contributed by atoms with Gasteiger partial charge in [-0.05, 0) is 45.7 Å². The summed E-state index contributed by atoms with van der Waals surface area (Å²) in [7, 11) is 2.10. The molecule has 0 aromatic carbocycles. The summed E-state index contributed by atoms with van der Waals surface area (Å²) in [6.07, 6.45) is 4.08. The Morgan fingerprint density at radius 3 is 2.79 bits per heavy atom. The lowest BCUT2D eigenvalue weighted by atomic mass is 9.97. The van der Waals surface area contributed by atoms with E-state index in [9.17, 15) is 0 Å². The molecule has 1 fully saturated rings. The number of aromatic nitrogens is 2. The second kappa shape index (κ2) is 6.70. The quantitative estimate of drug-likeness (QED) is 0.876. The van der Waals surface area contributed by atoms with E-state index in [1.165, 1.54) is 12.8 Å². The van der Waals surface area contributed by atoms with Crippen LogP contribution in [0.5, 0.6) is 5.88 Å². The Hall–Kier alpha value is -1.36. The lowest BCUT2D eigenvalue weighted by Gasteiger charge is -2.29. The number of nitrogens with one attached hydrogen (secondary N) is 1. The number of anilines is 1. The molecule has 1 aliphatic heterocycles. The van der Waals surface area contributed by atoms with Gasteiger partial charge in [-0.2, -0.15) is 0 Å². The number of rotatable bonds is 5. The number of ether oxygens (including phenoxy) is 1. The van der Waals surface area contributed by atoms with E-state index < -0.39 is 0 Å². The SMILES string of the molecule is CCOc1ncnc(N(C)CC2CCNCC2)c1C. The first kappa shape index (κ1) is 14.1. The van der Waals surface area contributed by atoms with Crippen LogP contribution in [-0.2, 0) is 0 Å². The maximum absolute atomic E-state index is 5.53. The van der Waals surface area contributed by atoms with Gasteiger partial charge in [-0.25, -0.2) is 9.97 Å². The van der Waals surface area contributed by atoms with Crippen molar-refractivity contribution in [2.24, 2.45) is 5.92 Å². The second-order valence-electron chi connectivity index (χ2n) is 5.13. The van der Waals surface area contributed by atoms with Gasteiger partial charge in [-0.15, -0.1) is 0 Å². The number of nitrogens with zero attached hydrogens (tertiary/aromatic N) is 3. The molecule has 5 heteroatoms. The highest BCUT2D eigenvalue weighted by atomic mass is 16.5. The molecular formula is C14H24N4O. The van der Waals surface area contributed by atoms with Gasteiger partial charge in [0, 0.05) is 13.6 Å². The Kier molecular flexibility index (Phi) is 4.96. The molecule has 0 amide bonds. The molecule has 106 valence electrons. The van der Waals surface area contributed by atoms with Gasteiger partial charge in [0.1, 0.15) is 12.1 Å². The second-order valence-corrected chi connectivity index (χ2v) is 5.13. The molecule has 2 heterocycles. The van der Waals surface area contributed by atoms with E-state index in [2.05, 4.69) is 27.2 Å². The summed E-state index contributed by atoms with van der Waals surface area (Å²) in [6.45, 7) is 7.94. The standard InChI is InChI=1S/C14H24N4O/c1-4-19-14-11(2)13(16-10-17-14)18(3)9-12-5-7-15-8-6-12/h10,12,15H,4-9H2,1-3H3. The Bertz CT molecular complexity index is 404. The first-order valence-electron chi connectivity index (χ1n) is 7.08. The van der Waals surface area contributed by atoms with Gasteiger partial charge < -0.3 is 15.0 Å². The first-order chi connectivity index (χ1) is 9.22. The molecule has 1 saturated heterocycles. The molecule has 1 aromatic heterocycles. The zero-order valence-corrected chi connectivity index (χ0v) is 12.1. The smallest absolute Gasteiger partial charge is 0.221 e. The van der Waals surface area contributed by atoms with Gasteiger partial charge in [0.2, 0.25) is 5.88 Å². The van der Waals surface area contributed by atoms with E-state index in [1.54, 1.807) is 6.33 Å². The Labute approximate surface area is 115 Å². The fourth-order valence-electron chi connectivity index (χ4n) is 2.63. The van der Waals surface area contributed by atoms with Crippen molar-refractivity contribution in [2.45, 2.75) is 26.7 Å². The van der Waals surface area contributed by atoms with Crippen LogP contribution in [-0.4, -0.2) is 43.3 Å². The molecule has 1 N–H and O–H groups in total. The maximum Gasteiger partial charge on any atom is 0.221 e. The van der Waals surface area contributed by atoms with Gasteiger partial charge >= 0.3 is 0 Å². The predicted molar refractivity (Wildman–Crippen MR) is 76.8 cm³/mol. The normalized spacial score (nSPS) is 16.4. The summed E-state index contributed by atoms with van der Waals surface area (Å²) in [6, 6.07) is 0. The molecule has 1 aromatic rings. The largest absolute Gasteiger partial charge is 0.478 e. The van der Waals surface area contributed by atoms with Crippen LogP contribution in [0.25, 0.3) is 0 Å². The van der Waals surface area contributed by atoms with E-state index in [0.717, 1.165) is 36.9 Å². The van der Waals surface area contributed by atoms with Gasteiger partial charge in [-0.1, -0.05) is 0 Å². The third-order valence-electron chi connectivity index (χ3n) is 3.64. The Balaban J connectivity index is 2.05. The Morgan fingerprint density at radius 2 is 2.11 bits per heavy atom. The van der Waals surface area contributed by atoms with Crippen molar-refractivity contribution in [1.82, 2.24) is 15.3 Å². The predicted octanol–water partition coefficient (Wildman–Crippen LogP) is 1.62. The highest BCUT2D eigenvalue weighted by molar-refractivity contribution is 5.49. The fourth-order valence-corrected chi connectivity index (χ4v) is 2.63. The van der Waals surface area contributed by atoms with Gasteiger partial charge in [0.05, 0.1) is 12.2 Å². The molecular weight excluding hydrogens is 240 g/mol. The zero-order valence-electron chi connectivity index (χ0n) is 12.1. The molecule has 1 aliphatic rings. The van der Waals surface area contributed by atoms with Gasteiger partial charge in [0.25, 0.3) is 0 Å². The number of piperidine rings is 1. The van der Waals surface area contributed by atoms with Crippen molar-refractivity contribution >= 4 is 5.82 Å². The Morgan fingerprint density at radius 1 is 1.37 bits per heavy atom. The molecule has 2 rings (SSSR count). The van der Waals surface area contributed by atoms with E-state index in [4.69, 9.17) is 4.74 Å². The molecule has 0 saturated carbocycles. The first-order valence-corrected chi connectivity index (χ1v) is 7.08. The van der Waals surface area contributed by atoms with Crippen LogP contribution in [0.15, 0.2) is 6.33 Å². The van der Waals surface area contributed by atoms with Crippen molar-refractivity contribution in [3.8, 4) is 5.88 Å². The molecule has 0 spiro atoms. The van der Waals surface area contributed by atoms with Crippen molar-refractivity contribution in [2.75, 3.05) is 38.2 Å². The molecule has 0 radical (unpaired) electrons. The summed E-state index contributed by atoms with van der Waals surface area (Å²) >= 11 is 0. The van der Waals surface area contributed by atoms with Crippen molar-refractivity contribution in [3.63, 3.8) is 0 Å². The van der Waals surface area contributed by atoms with Crippen LogP contribution in [0.3, 0.4) is 0 Å². The van der Waals surface area contributed by atoms with E-state index in [-0.39, 0.29) is 0 Å². The fraction of sp³-hybridized carbons (Fsp3) is 0.714. The van der Waals surface area contributed by atoms with Gasteiger partial charge in [-0.3, -0.25) is 0 Å². The lowest BCUT2D eigenvalue weighted by Crippen LogP contribution is -2.35. The van der Waals surface area contributed by atoms with Crippen LogP contribution in [0.4, 0.5) is 5.82 Å². The number of hydrogen-bond acceptors (Lipinski definition) is 5. The summed E-state index contributed by atoms with van der Waals surface area (Å²) < 4.78 is 5.53. The zero-order chi connectivity index (χ0) is 13.7. The third-order valence-corrected chi connectivity index (χ3v) is 3.64. The summed E-state index contributed by atoms with van der Waals surface area (Å²) in [5.41, 5.74) is 1.03. The monoisotopic (exact) mass is 264 g/mol. The molecule has 0 unspecified atom stereocenters. The average molecular weight is 264 g/mol. The third kappa shape index (κ3) is 3.56. The molecule has 5 nitrogen and oxygen atoms in total. The van der Waals surface area contributed by atoms with E-state index in [0.29, 0.717) is 12.5 Å². The number of hydrogen-bond donors (Lipinski definition) is 1. The van der Waals surface area contributed by atoms with E-state index in [1.807, 2.05) is 13.8 Å². The van der Waals surface area contributed by atoms with Crippen LogP contribution in [0.2, 0.25) is 0 Å². The minimum atomic E-state index is 0.634. The maximum atomic E-state index is 5.53. The van der Waals surface area contributed by atoms with Crippen molar-refractivity contribution in [1.29, 1.82) is 0 Å². The van der Waals surface area contributed by atoms with Crippen LogP contribution in [0.1, 0.15) is 25.3 Å². The molecule has 0 atom stereocenters. The average Bonchev–Trinajstić information content (AvgIpc) is 2.42. The van der Waals surface area contributed by atoms with Crippen molar-refractivity contribution in [3.05, 3.63) is 11.9 Å². The summed E-state index contributed by atoms with van der Waals surface area (Å²) in [4.78, 5) is 10.8. The van der Waals surface area contributed by atoms with Gasteiger partial charge in [0.15, 0.2) is 0 Å². The topological polar surface area (TPSA) is 50.3 Å². The molecule has 0 bridgehead atoms. The molecule has 19 heavy (non-hydrogen) atoms. The summed E-state index contributed by atoms with van der Waals surface area (Å²) in [5, 5.41) is 3.40. The highest BCUT2D eigenvalue weighted by Gasteiger charge is 2.18. The highest BCUT2D eigenvalue weighted by Crippen LogP contribution is 2.24.